The summed E-state index contributed by atoms with van der Waals surface area (Å²) in [6.07, 6.45) is 3.55. The summed E-state index contributed by atoms with van der Waals surface area (Å²) in [5.74, 6) is 0.937. The molecule has 1 aromatic heterocycles. The van der Waals surface area contributed by atoms with Crippen LogP contribution in [0.1, 0.15) is 30.9 Å². The van der Waals surface area contributed by atoms with Crippen molar-refractivity contribution >= 4 is 23.1 Å². The molecule has 2 saturated heterocycles. The Kier molecular flexibility index (Phi) is 5.76. The van der Waals surface area contributed by atoms with E-state index >= 15 is 0 Å². The molecule has 0 aliphatic carbocycles. The fraction of sp³-hybridized carbons (Fsp3) is 0.500. The van der Waals surface area contributed by atoms with Crippen LogP contribution in [0, 0.1) is 0 Å². The van der Waals surface area contributed by atoms with Gasteiger partial charge in [0.2, 0.25) is 5.91 Å². The van der Waals surface area contributed by atoms with Gasteiger partial charge < -0.3 is 15.1 Å². The summed E-state index contributed by atoms with van der Waals surface area (Å²) in [5, 5.41) is 7.69. The van der Waals surface area contributed by atoms with E-state index in [0.29, 0.717) is 5.69 Å². The third kappa shape index (κ3) is 4.05. The van der Waals surface area contributed by atoms with Gasteiger partial charge in [-0.1, -0.05) is 12.1 Å². The van der Waals surface area contributed by atoms with E-state index in [1.165, 1.54) is 11.1 Å². The molecule has 0 bridgehead atoms. The van der Waals surface area contributed by atoms with Crippen molar-refractivity contribution in [3.05, 3.63) is 46.2 Å². The lowest BCUT2D eigenvalue weighted by Crippen LogP contribution is -2.48. The average Bonchev–Trinajstić information content (AvgIpc) is 2.76. The van der Waals surface area contributed by atoms with E-state index in [4.69, 9.17) is 0 Å². The van der Waals surface area contributed by atoms with E-state index in [-0.39, 0.29) is 17.5 Å². The maximum atomic E-state index is 12.6. The van der Waals surface area contributed by atoms with Crippen molar-refractivity contribution in [3.63, 3.8) is 0 Å². The number of piperazine rings is 1. The summed E-state index contributed by atoms with van der Waals surface area (Å²) in [4.78, 5) is 31.3. The van der Waals surface area contributed by atoms with Crippen LogP contribution >= 0.6 is 0 Å². The second-order valence-electron chi connectivity index (χ2n) is 8.28. The van der Waals surface area contributed by atoms with Gasteiger partial charge in [0.25, 0.3) is 5.56 Å². The van der Waals surface area contributed by atoms with Crippen LogP contribution in [0.5, 0.6) is 0 Å². The number of aryl methyl sites for hydroxylation is 1. The van der Waals surface area contributed by atoms with Crippen molar-refractivity contribution in [2.45, 2.75) is 25.3 Å². The third-order valence-electron chi connectivity index (χ3n) is 6.07. The van der Waals surface area contributed by atoms with Gasteiger partial charge in [0.05, 0.1) is 0 Å². The normalized spacial score (nSPS) is 20.5. The second-order valence-corrected chi connectivity index (χ2v) is 8.28. The molecule has 8 heteroatoms. The zero-order chi connectivity index (χ0) is 21.3. The average molecular weight is 411 g/mol. The van der Waals surface area contributed by atoms with Crippen molar-refractivity contribution in [1.82, 2.24) is 19.6 Å². The molecule has 2 aromatic rings. The largest absolute Gasteiger partial charge is 0.355 e. The Labute approximate surface area is 177 Å². The van der Waals surface area contributed by atoms with Gasteiger partial charge >= 0.3 is 0 Å². The molecule has 3 heterocycles. The number of aromatic nitrogens is 2. The van der Waals surface area contributed by atoms with Crippen LogP contribution < -0.4 is 15.8 Å². The quantitative estimate of drug-likeness (QED) is 0.831. The number of hydrogen-bond acceptors (Lipinski definition) is 6. The summed E-state index contributed by atoms with van der Waals surface area (Å²) in [6, 6.07) is 9.33. The van der Waals surface area contributed by atoms with Gasteiger partial charge in [-0.2, -0.15) is 5.10 Å². The monoisotopic (exact) mass is 410 g/mol. The number of rotatable bonds is 4. The van der Waals surface area contributed by atoms with Crippen LogP contribution in [-0.4, -0.2) is 65.8 Å². The lowest BCUT2D eigenvalue weighted by atomic mass is 10.0. The van der Waals surface area contributed by atoms with E-state index in [1.807, 2.05) is 44.4 Å². The van der Waals surface area contributed by atoms with E-state index in [0.717, 1.165) is 56.1 Å². The van der Waals surface area contributed by atoms with E-state index in [1.54, 1.807) is 11.9 Å². The van der Waals surface area contributed by atoms with Gasteiger partial charge in [-0.15, -0.1) is 0 Å². The number of piperidine rings is 1. The molecule has 1 N–H and O–H groups in total. The van der Waals surface area contributed by atoms with E-state index in [9.17, 15) is 9.59 Å². The SMILES string of the molecule is CN1CCN(C)C(c2ccc(Nc3cc(N4CCCCC4)nn(C)c3=O)cc2)C1=O. The zero-order valence-corrected chi connectivity index (χ0v) is 18.0. The molecule has 1 unspecified atom stereocenters. The van der Waals surface area contributed by atoms with Gasteiger partial charge in [0.1, 0.15) is 11.7 Å². The molecule has 8 nitrogen and oxygen atoms in total. The van der Waals surface area contributed by atoms with Gasteiger partial charge in [-0.05, 0) is 44.0 Å². The highest BCUT2D eigenvalue weighted by Gasteiger charge is 2.31. The topological polar surface area (TPSA) is 73.7 Å². The van der Waals surface area contributed by atoms with Crippen molar-refractivity contribution in [3.8, 4) is 0 Å². The number of anilines is 3. The Balaban J connectivity index is 1.55. The van der Waals surface area contributed by atoms with Crippen LogP contribution in [0.15, 0.2) is 35.1 Å². The Hall–Kier alpha value is -2.87. The minimum absolute atomic E-state index is 0.110. The fourth-order valence-electron chi connectivity index (χ4n) is 4.21. The predicted molar refractivity (Wildman–Crippen MR) is 118 cm³/mol. The molecule has 2 aliphatic heterocycles. The maximum Gasteiger partial charge on any atom is 0.290 e. The first kappa shape index (κ1) is 20.4. The minimum Gasteiger partial charge on any atom is -0.355 e. The maximum absolute atomic E-state index is 12.6. The summed E-state index contributed by atoms with van der Waals surface area (Å²) in [7, 11) is 5.51. The summed E-state index contributed by atoms with van der Waals surface area (Å²) in [5.41, 5.74) is 2.11. The Bertz CT molecular complexity index is 965. The first-order chi connectivity index (χ1) is 14.4. The lowest BCUT2D eigenvalue weighted by Gasteiger charge is -2.37. The summed E-state index contributed by atoms with van der Waals surface area (Å²) < 4.78 is 1.39. The molecular weight excluding hydrogens is 380 g/mol. The molecule has 2 aliphatic rings. The number of likely N-dealkylation sites (N-methyl/N-ethyl adjacent to an activating group) is 2. The second kappa shape index (κ2) is 8.47. The number of nitrogens with one attached hydrogen (secondary N) is 1. The lowest BCUT2D eigenvalue weighted by molar-refractivity contribution is -0.139. The first-order valence-electron chi connectivity index (χ1n) is 10.6. The van der Waals surface area contributed by atoms with Crippen molar-refractivity contribution in [1.29, 1.82) is 0 Å². The Morgan fingerprint density at radius 1 is 0.933 bits per heavy atom. The molecule has 0 saturated carbocycles. The molecule has 160 valence electrons. The highest BCUT2D eigenvalue weighted by Crippen LogP contribution is 2.27. The van der Waals surface area contributed by atoms with Crippen molar-refractivity contribution < 1.29 is 4.79 Å². The molecule has 4 rings (SSSR count). The number of nitrogens with zero attached hydrogens (tertiary/aromatic N) is 5. The number of benzene rings is 1. The number of carbonyl (C=O) groups excluding carboxylic acids is 1. The molecule has 1 atom stereocenters. The Morgan fingerprint density at radius 3 is 2.33 bits per heavy atom. The zero-order valence-electron chi connectivity index (χ0n) is 18.0. The number of hydrogen-bond donors (Lipinski definition) is 1. The van der Waals surface area contributed by atoms with Crippen LogP contribution in [-0.2, 0) is 11.8 Å². The number of amides is 1. The highest BCUT2D eigenvalue weighted by molar-refractivity contribution is 5.84. The molecule has 2 fully saturated rings. The van der Waals surface area contributed by atoms with Crippen LogP contribution in [0.25, 0.3) is 0 Å². The standard InChI is InChI=1S/C22H30N6O2/c1-25-13-14-26(2)22(30)20(25)16-7-9-17(10-8-16)23-18-15-19(24-27(3)21(18)29)28-11-5-4-6-12-28/h7-10,15,20,23H,4-6,11-14H2,1-3H3. The smallest absolute Gasteiger partial charge is 0.290 e. The fourth-order valence-corrected chi connectivity index (χ4v) is 4.21. The summed E-state index contributed by atoms with van der Waals surface area (Å²) >= 11 is 0. The van der Waals surface area contributed by atoms with Crippen LogP contribution in [0.2, 0.25) is 0 Å². The Morgan fingerprint density at radius 2 is 1.63 bits per heavy atom. The van der Waals surface area contributed by atoms with Crippen molar-refractivity contribution in [2.24, 2.45) is 7.05 Å². The molecule has 0 radical (unpaired) electrons. The predicted octanol–water partition coefficient (Wildman–Crippen LogP) is 1.96. The van der Waals surface area contributed by atoms with E-state index < -0.39 is 0 Å². The third-order valence-corrected chi connectivity index (χ3v) is 6.07. The molecule has 30 heavy (non-hydrogen) atoms. The first-order valence-corrected chi connectivity index (χ1v) is 10.6. The van der Waals surface area contributed by atoms with E-state index in [2.05, 4.69) is 20.2 Å². The molecule has 0 spiro atoms. The molecule has 1 amide bonds. The van der Waals surface area contributed by atoms with Gasteiger partial charge in [-0.25, -0.2) is 4.68 Å². The van der Waals surface area contributed by atoms with Crippen LogP contribution in [0.4, 0.5) is 17.2 Å². The van der Waals surface area contributed by atoms with Crippen molar-refractivity contribution in [2.75, 3.05) is 50.5 Å². The minimum atomic E-state index is -0.266. The van der Waals surface area contributed by atoms with Gasteiger partial charge in [0, 0.05) is 52.0 Å². The summed E-state index contributed by atoms with van der Waals surface area (Å²) in [6.45, 7) is 3.53. The van der Waals surface area contributed by atoms with Gasteiger partial charge in [-0.3, -0.25) is 14.5 Å². The molecule has 1 aromatic carbocycles. The molecular formula is C22H30N6O2. The number of carbonyl (C=O) groups is 1. The van der Waals surface area contributed by atoms with Gasteiger partial charge in [0.15, 0.2) is 5.82 Å². The van der Waals surface area contributed by atoms with Crippen LogP contribution in [0.3, 0.4) is 0 Å². The highest BCUT2D eigenvalue weighted by atomic mass is 16.2.